The Balaban J connectivity index is 1.75. The summed E-state index contributed by atoms with van der Waals surface area (Å²) in [5.74, 6) is 1.03. The van der Waals surface area contributed by atoms with E-state index < -0.39 is 28.9 Å². The number of hydrogen-bond donors (Lipinski definition) is 0. The molecule has 47 heavy (non-hydrogen) atoms. The average Bonchev–Trinajstić information content (AvgIpc) is 3.26. The molecule has 0 heterocycles. The van der Waals surface area contributed by atoms with Crippen LogP contribution in [0.25, 0.3) is 11.1 Å². The molecule has 0 radical (unpaired) electrons. The minimum Gasteiger partial charge on any atom is -0.428 e. The molecule has 0 unspecified atom stereocenters. The van der Waals surface area contributed by atoms with Gasteiger partial charge in [0.15, 0.2) is 0 Å². The van der Waals surface area contributed by atoms with Crippen LogP contribution in [0.1, 0.15) is 114 Å². The summed E-state index contributed by atoms with van der Waals surface area (Å²) in [6.45, 7) is 19.2. The van der Waals surface area contributed by atoms with Crippen LogP contribution in [-0.4, -0.2) is 23.5 Å². The molecule has 4 aromatic carbocycles. The fourth-order valence-corrected chi connectivity index (χ4v) is 6.40. The van der Waals surface area contributed by atoms with Gasteiger partial charge in [-0.05, 0) is 110 Å². The molecule has 0 bridgehead atoms. The standard InChI is InChI=1S/C41H46O6/c1-25(2)31-23-27(19-21-35(31)44-37(42)46-39(5,6)7)41(33-17-13-11-15-29(33)30-16-12-14-18-34(30)41)28-20-22-36(32(24-28)26(3)4)45-38(43)47-40(8,9)10/h11-26H,1-10H3. The van der Waals surface area contributed by atoms with E-state index in [0.29, 0.717) is 11.5 Å². The predicted molar refractivity (Wildman–Crippen MR) is 186 cm³/mol. The Bertz CT molecular complexity index is 1670. The lowest BCUT2D eigenvalue weighted by atomic mass is 9.66. The first kappa shape index (κ1) is 33.8. The summed E-state index contributed by atoms with van der Waals surface area (Å²) >= 11 is 0. The number of rotatable bonds is 6. The molecule has 6 heteroatoms. The van der Waals surface area contributed by atoms with Gasteiger partial charge in [0, 0.05) is 0 Å². The molecule has 1 aliphatic carbocycles. The van der Waals surface area contributed by atoms with Gasteiger partial charge < -0.3 is 18.9 Å². The summed E-state index contributed by atoms with van der Waals surface area (Å²) in [7, 11) is 0. The molecule has 0 amide bonds. The number of hydrogen-bond acceptors (Lipinski definition) is 6. The lowest BCUT2D eigenvalue weighted by molar-refractivity contribution is 0.0190. The van der Waals surface area contributed by atoms with Gasteiger partial charge in [-0.25, -0.2) is 9.59 Å². The van der Waals surface area contributed by atoms with Gasteiger partial charge in [-0.15, -0.1) is 0 Å². The summed E-state index contributed by atoms with van der Waals surface area (Å²) in [5.41, 5.74) is 6.39. The lowest BCUT2D eigenvalue weighted by Crippen LogP contribution is -2.30. The SMILES string of the molecule is CC(C)c1cc(C2(c3ccc(OC(=O)OC(C)(C)C)c(C(C)C)c3)c3ccccc3-c3ccccc32)ccc1OC(=O)OC(C)(C)C. The van der Waals surface area contributed by atoms with E-state index in [9.17, 15) is 9.59 Å². The monoisotopic (exact) mass is 634 g/mol. The van der Waals surface area contributed by atoms with Crippen molar-refractivity contribution in [2.24, 2.45) is 0 Å². The van der Waals surface area contributed by atoms with Crippen molar-refractivity contribution < 1.29 is 28.5 Å². The zero-order chi connectivity index (χ0) is 34.3. The highest BCUT2D eigenvalue weighted by molar-refractivity contribution is 5.86. The van der Waals surface area contributed by atoms with E-state index in [0.717, 1.165) is 44.5 Å². The van der Waals surface area contributed by atoms with E-state index in [-0.39, 0.29) is 11.8 Å². The second-order valence-electron chi connectivity index (χ2n) is 14.8. The second kappa shape index (κ2) is 12.6. The molecule has 1 aliphatic rings. The van der Waals surface area contributed by atoms with Gasteiger partial charge in [0.25, 0.3) is 0 Å². The largest absolute Gasteiger partial charge is 0.514 e. The minimum absolute atomic E-state index is 0.0483. The molecule has 5 rings (SSSR count). The maximum Gasteiger partial charge on any atom is 0.514 e. The molecular weight excluding hydrogens is 588 g/mol. The Hall–Kier alpha value is -4.58. The Morgan fingerprint density at radius 3 is 1.26 bits per heavy atom. The topological polar surface area (TPSA) is 71.1 Å². The summed E-state index contributed by atoms with van der Waals surface area (Å²) in [5, 5.41) is 0. The second-order valence-corrected chi connectivity index (χ2v) is 14.8. The molecule has 6 nitrogen and oxygen atoms in total. The van der Waals surface area contributed by atoms with E-state index in [2.05, 4.69) is 88.4 Å². The Morgan fingerprint density at radius 1 is 0.553 bits per heavy atom. The summed E-state index contributed by atoms with van der Waals surface area (Å²) in [6, 6.07) is 29.2. The molecule has 0 atom stereocenters. The van der Waals surface area contributed by atoms with Crippen molar-refractivity contribution in [1.82, 2.24) is 0 Å². The maximum atomic E-state index is 12.8. The molecule has 0 saturated carbocycles. The first-order valence-corrected chi connectivity index (χ1v) is 16.3. The third-order valence-corrected chi connectivity index (χ3v) is 8.25. The number of fused-ring (bicyclic) bond motifs is 3. The summed E-state index contributed by atoms with van der Waals surface area (Å²) in [6.07, 6.45) is -1.47. The van der Waals surface area contributed by atoms with Crippen molar-refractivity contribution in [2.75, 3.05) is 0 Å². The maximum absolute atomic E-state index is 12.8. The third-order valence-electron chi connectivity index (χ3n) is 8.25. The highest BCUT2D eigenvalue weighted by Crippen LogP contribution is 2.57. The van der Waals surface area contributed by atoms with Gasteiger partial charge in [0.1, 0.15) is 22.7 Å². The molecule has 246 valence electrons. The molecule has 0 saturated heterocycles. The van der Waals surface area contributed by atoms with E-state index in [1.807, 2.05) is 65.8 Å². The van der Waals surface area contributed by atoms with Gasteiger partial charge in [-0.1, -0.05) is 100 Å². The van der Waals surface area contributed by atoms with Crippen LogP contribution in [0.15, 0.2) is 84.9 Å². The van der Waals surface area contributed by atoms with Gasteiger partial charge in [-0.3, -0.25) is 0 Å². The minimum atomic E-state index is -0.736. The van der Waals surface area contributed by atoms with Crippen LogP contribution in [0.5, 0.6) is 11.5 Å². The Labute approximate surface area is 279 Å². The van der Waals surface area contributed by atoms with Crippen LogP contribution in [0.2, 0.25) is 0 Å². The van der Waals surface area contributed by atoms with E-state index in [1.54, 1.807) is 0 Å². The van der Waals surface area contributed by atoms with Crippen LogP contribution < -0.4 is 9.47 Å². The molecule has 0 N–H and O–H groups in total. The van der Waals surface area contributed by atoms with Crippen molar-refractivity contribution in [3.05, 3.63) is 118 Å². The smallest absolute Gasteiger partial charge is 0.428 e. The van der Waals surface area contributed by atoms with Crippen LogP contribution >= 0.6 is 0 Å². The Morgan fingerprint density at radius 2 is 0.915 bits per heavy atom. The third kappa shape index (κ3) is 6.78. The van der Waals surface area contributed by atoms with Crippen LogP contribution in [-0.2, 0) is 14.9 Å². The van der Waals surface area contributed by atoms with Crippen LogP contribution in [0.3, 0.4) is 0 Å². The van der Waals surface area contributed by atoms with Gasteiger partial charge in [0.2, 0.25) is 0 Å². The summed E-state index contributed by atoms with van der Waals surface area (Å²) in [4.78, 5) is 25.5. The molecular formula is C41H46O6. The highest BCUT2D eigenvalue weighted by atomic mass is 16.7. The first-order chi connectivity index (χ1) is 22.0. The molecule has 0 aromatic heterocycles. The van der Waals surface area contributed by atoms with Crippen LogP contribution in [0.4, 0.5) is 9.59 Å². The number of benzene rings is 4. The lowest BCUT2D eigenvalue weighted by Gasteiger charge is -2.35. The number of ether oxygens (including phenoxy) is 4. The van der Waals surface area contributed by atoms with Gasteiger partial charge in [0.05, 0.1) is 5.41 Å². The average molecular weight is 635 g/mol. The van der Waals surface area contributed by atoms with E-state index >= 15 is 0 Å². The van der Waals surface area contributed by atoms with Crippen LogP contribution in [0, 0.1) is 0 Å². The Kier molecular flexibility index (Phi) is 9.02. The van der Waals surface area contributed by atoms with Gasteiger partial charge >= 0.3 is 12.3 Å². The molecule has 0 fully saturated rings. The fourth-order valence-electron chi connectivity index (χ4n) is 6.40. The normalized spacial score (nSPS) is 13.6. The predicted octanol–water partition coefficient (Wildman–Crippen LogP) is 10.9. The first-order valence-electron chi connectivity index (χ1n) is 16.3. The van der Waals surface area contributed by atoms with Crippen molar-refractivity contribution in [3.63, 3.8) is 0 Å². The molecule has 0 spiro atoms. The van der Waals surface area contributed by atoms with Crippen molar-refractivity contribution in [3.8, 4) is 22.6 Å². The number of carbonyl (C=O) groups excluding carboxylic acids is 2. The van der Waals surface area contributed by atoms with Crippen molar-refractivity contribution in [2.45, 2.75) is 97.7 Å². The zero-order valence-electron chi connectivity index (χ0n) is 29.2. The zero-order valence-corrected chi connectivity index (χ0v) is 29.2. The molecule has 4 aromatic rings. The van der Waals surface area contributed by atoms with E-state index in [1.165, 1.54) is 0 Å². The van der Waals surface area contributed by atoms with Gasteiger partial charge in [-0.2, -0.15) is 0 Å². The van der Waals surface area contributed by atoms with E-state index in [4.69, 9.17) is 18.9 Å². The summed E-state index contributed by atoms with van der Waals surface area (Å²) < 4.78 is 22.6. The van der Waals surface area contributed by atoms with Crippen molar-refractivity contribution >= 4 is 12.3 Å². The fraction of sp³-hybridized carbons (Fsp3) is 0.366. The van der Waals surface area contributed by atoms with Crippen molar-refractivity contribution in [1.29, 1.82) is 0 Å². The quantitative estimate of drug-likeness (QED) is 0.137. The highest BCUT2D eigenvalue weighted by Gasteiger charge is 2.46. The molecule has 0 aliphatic heterocycles. The number of carbonyl (C=O) groups is 2.